The van der Waals surface area contributed by atoms with E-state index in [1.54, 1.807) is 0 Å². The van der Waals surface area contributed by atoms with Gasteiger partial charge in [0.05, 0.1) is 6.10 Å². The molecule has 1 aliphatic rings. The summed E-state index contributed by atoms with van der Waals surface area (Å²) in [6.45, 7) is 3.71. The maximum absolute atomic E-state index is 10.1. The third-order valence-corrected chi connectivity index (χ3v) is 3.61. The summed E-state index contributed by atoms with van der Waals surface area (Å²) in [5.74, 6) is 0.736. The van der Waals surface area contributed by atoms with Gasteiger partial charge in [0, 0.05) is 6.54 Å². The van der Waals surface area contributed by atoms with Crippen molar-refractivity contribution in [1.29, 1.82) is 0 Å². The summed E-state index contributed by atoms with van der Waals surface area (Å²) in [6.07, 6.45) is 7.78. The Balaban J connectivity index is 1.72. The molecular formula is C16H23NO. The van der Waals surface area contributed by atoms with Crippen molar-refractivity contribution in [2.75, 3.05) is 13.1 Å². The number of allylic oxidation sites excluding steroid dienone is 2. The number of rotatable bonds is 5. The van der Waals surface area contributed by atoms with Crippen LogP contribution in [0.25, 0.3) is 0 Å². The van der Waals surface area contributed by atoms with Crippen LogP contribution in [-0.4, -0.2) is 18.2 Å². The van der Waals surface area contributed by atoms with Gasteiger partial charge in [0.15, 0.2) is 0 Å². The van der Waals surface area contributed by atoms with Gasteiger partial charge in [-0.15, -0.1) is 0 Å². The molecule has 2 unspecified atom stereocenters. The minimum absolute atomic E-state index is 0.398. The first-order chi connectivity index (χ1) is 8.75. The summed E-state index contributed by atoms with van der Waals surface area (Å²) in [7, 11) is 0. The molecule has 1 aliphatic carbocycles. The zero-order chi connectivity index (χ0) is 12.8. The zero-order valence-electron chi connectivity index (χ0n) is 11.1. The van der Waals surface area contributed by atoms with Crippen LogP contribution in [0.2, 0.25) is 0 Å². The van der Waals surface area contributed by atoms with E-state index in [4.69, 9.17) is 0 Å². The molecule has 18 heavy (non-hydrogen) atoms. The molecule has 98 valence electrons. The van der Waals surface area contributed by atoms with Crippen LogP contribution in [0.5, 0.6) is 0 Å². The van der Waals surface area contributed by atoms with E-state index in [1.165, 1.54) is 24.8 Å². The molecule has 0 radical (unpaired) electrons. The van der Waals surface area contributed by atoms with Crippen molar-refractivity contribution in [2.45, 2.75) is 32.3 Å². The Kier molecular flexibility index (Phi) is 4.97. The van der Waals surface area contributed by atoms with E-state index in [2.05, 4.69) is 24.4 Å². The fourth-order valence-electron chi connectivity index (χ4n) is 2.37. The molecule has 2 nitrogen and oxygen atoms in total. The van der Waals surface area contributed by atoms with Crippen LogP contribution in [-0.2, 0) is 0 Å². The largest absolute Gasteiger partial charge is 0.387 e. The zero-order valence-corrected chi connectivity index (χ0v) is 11.1. The average Bonchev–Trinajstić information content (AvgIpc) is 2.40. The maximum Gasteiger partial charge on any atom is 0.0914 e. The molecule has 0 amide bonds. The van der Waals surface area contributed by atoms with Crippen LogP contribution in [0.3, 0.4) is 0 Å². The standard InChI is InChI=1S/C16H23NO/c1-13-7-9-15(10-8-13)16(18)12-17-11-14-5-3-2-4-6-14/h2-3,7-10,14,16-18H,4-6,11-12H2,1H3. The summed E-state index contributed by atoms with van der Waals surface area (Å²) < 4.78 is 0. The SMILES string of the molecule is Cc1ccc(C(O)CNCC2CC=CCC2)cc1. The Bertz CT molecular complexity index is 383. The second-order valence-corrected chi connectivity index (χ2v) is 5.24. The Labute approximate surface area is 110 Å². The van der Waals surface area contributed by atoms with Gasteiger partial charge in [-0.1, -0.05) is 42.0 Å². The molecule has 2 atom stereocenters. The smallest absolute Gasteiger partial charge is 0.0914 e. The summed E-state index contributed by atoms with van der Waals surface area (Å²) in [4.78, 5) is 0. The predicted molar refractivity (Wildman–Crippen MR) is 75.5 cm³/mol. The summed E-state index contributed by atoms with van der Waals surface area (Å²) in [5, 5.41) is 13.4. The number of aliphatic hydroxyl groups is 1. The molecule has 0 aliphatic heterocycles. The molecule has 0 saturated carbocycles. The molecule has 2 N–H and O–H groups in total. The van der Waals surface area contributed by atoms with Crippen molar-refractivity contribution in [3.63, 3.8) is 0 Å². The summed E-state index contributed by atoms with van der Waals surface area (Å²) in [5.41, 5.74) is 2.23. The first-order valence-corrected chi connectivity index (χ1v) is 6.86. The maximum atomic E-state index is 10.1. The van der Waals surface area contributed by atoms with Gasteiger partial charge in [0.25, 0.3) is 0 Å². The molecule has 0 aromatic heterocycles. The van der Waals surface area contributed by atoms with Crippen LogP contribution in [0.1, 0.15) is 36.5 Å². The third kappa shape index (κ3) is 3.97. The van der Waals surface area contributed by atoms with Crippen LogP contribution < -0.4 is 5.32 Å². The summed E-state index contributed by atoms with van der Waals surface area (Å²) in [6, 6.07) is 8.10. The minimum atomic E-state index is -0.398. The number of benzene rings is 1. The van der Waals surface area contributed by atoms with Gasteiger partial charge in [0.1, 0.15) is 0 Å². The first kappa shape index (κ1) is 13.3. The lowest BCUT2D eigenvalue weighted by Crippen LogP contribution is -2.27. The van der Waals surface area contributed by atoms with Gasteiger partial charge in [-0.2, -0.15) is 0 Å². The average molecular weight is 245 g/mol. The van der Waals surface area contributed by atoms with Crippen molar-refractivity contribution >= 4 is 0 Å². The number of hydrogen-bond acceptors (Lipinski definition) is 2. The molecule has 0 fully saturated rings. The lowest BCUT2D eigenvalue weighted by molar-refractivity contribution is 0.172. The van der Waals surface area contributed by atoms with Gasteiger partial charge >= 0.3 is 0 Å². The number of aliphatic hydroxyl groups excluding tert-OH is 1. The highest BCUT2D eigenvalue weighted by Gasteiger charge is 2.11. The third-order valence-electron chi connectivity index (χ3n) is 3.61. The fourth-order valence-corrected chi connectivity index (χ4v) is 2.37. The molecule has 1 aromatic rings. The summed E-state index contributed by atoms with van der Waals surface area (Å²) >= 11 is 0. The van der Waals surface area contributed by atoms with Crippen molar-refractivity contribution in [2.24, 2.45) is 5.92 Å². The van der Waals surface area contributed by atoms with Crippen molar-refractivity contribution < 1.29 is 5.11 Å². The van der Waals surface area contributed by atoms with Crippen LogP contribution in [0, 0.1) is 12.8 Å². The van der Waals surface area contributed by atoms with Crippen molar-refractivity contribution in [3.05, 3.63) is 47.5 Å². The molecule has 0 heterocycles. The lowest BCUT2D eigenvalue weighted by atomic mass is 9.94. The van der Waals surface area contributed by atoms with E-state index in [9.17, 15) is 5.11 Å². The molecule has 0 saturated heterocycles. The normalized spacial score (nSPS) is 20.9. The minimum Gasteiger partial charge on any atom is -0.387 e. The highest BCUT2D eigenvalue weighted by Crippen LogP contribution is 2.17. The van der Waals surface area contributed by atoms with Crippen LogP contribution in [0.15, 0.2) is 36.4 Å². The fraction of sp³-hybridized carbons (Fsp3) is 0.500. The van der Waals surface area contributed by atoms with Crippen LogP contribution >= 0.6 is 0 Å². The molecule has 0 bridgehead atoms. The second kappa shape index (κ2) is 6.72. The number of nitrogens with one attached hydrogen (secondary N) is 1. The molecule has 0 spiro atoms. The highest BCUT2D eigenvalue weighted by molar-refractivity contribution is 5.23. The molecular weight excluding hydrogens is 222 g/mol. The van der Waals surface area contributed by atoms with Gasteiger partial charge in [-0.3, -0.25) is 0 Å². The van der Waals surface area contributed by atoms with Gasteiger partial charge in [-0.05, 0) is 44.2 Å². The molecule has 1 aromatic carbocycles. The predicted octanol–water partition coefficient (Wildman–Crippen LogP) is 2.97. The molecule has 2 rings (SSSR count). The van der Waals surface area contributed by atoms with Crippen molar-refractivity contribution in [3.8, 4) is 0 Å². The van der Waals surface area contributed by atoms with Gasteiger partial charge in [-0.25, -0.2) is 0 Å². The van der Waals surface area contributed by atoms with Crippen LogP contribution in [0.4, 0.5) is 0 Å². The number of hydrogen-bond donors (Lipinski definition) is 2. The van der Waals surface area contributed by atoms with E-state index in [1.807, 2.05) is 24.3 Å². The topological polar surface area (TPSA) is 32.3 Å². The molecule has 2 heteroatoms. The van der Waals surface area contributed by atoms with Crippen molar-refractivity contribution in [1.82, 2.24) is 5.32 Å². The van der Waals surface area contributed by atoms with E-state index in [-0.39, 0.29) is 0 Å². The Morgan fingerprint density at radius 1 is 1.28 bits per heavy atom. The van der Waals surface area contributed by atoms with E-state index < -0.39 is 6.10 Å². The Hall–Kier alpha value is -1.12. The van der Waals surface area contributed by atoms with Gasteiger partial charge < -0.3 is 10.4 Å². The first-order valence-electron chi connectivity index (χ1n) is 6.86. The number of aryl methyl sites for hydroxylation is 1. The monoisotopic (exact) mass is 245 g/mol. The van der Waals surface area contributed by atoms with Gasteiger partial charge in [0.2, 0.25) is 0 Å². The second-order valence-electron chi connectivity index (χ2n) is 5.24. The van der Waals surface area contributed by atoms with E-state index in [0.717, 1.165) is 18.0 Å². The Morgan fingerprint density at radius 2 is 2.06 bits per heavy atom. The Morgan fingerprint density at radius 3 is 2.72 bits per heavy atom. The van der Waals surface area contributed by atoms with E-state index >= 15 is 0 Å². The quantitative estimate of drug-likeness (QED) is 0.782. The van der Waals surface area contributed by atoms with E-state index in [0.29, 0.717) is 6.54 Å². The highest BCUT2D eigenvalue weighted by atomic mass is 16.3. The lowest BCUT2D eigenvalue weighted by Gasteiger charge is -2.19.